The maximum Gasteiger partial charge on any atom is 0.319 e. The van der Waals surface area contributed by atoms with Gasteiger partial charge in [0.05, 0.1) is 6.54 Å². The number of imidazole rings is 1. The highest BCUT2D eigenvalue weighted by Gasteiger charge is 2.45. The molecule has 2 fully saturated rings. The Morgan fingerprint density at radius 2 is 1.96 bits per heavy atom. The molecular weight excluding hydrogens is 302 g/mol. The number of aromatic nitrogens is 2. The molecule has 128 valence electrons. The number of rotatable bonds is 5. The molecule has 1 aliphatic heterocycles. The van der Waals surface area contributed by atoms with Gasteiger partial charge in [-0.2, -0.15) is 8.78 Å². The first-order valence-corrected chi connectivity index (χ1v) is 8.21. The Morgan fingerprint density at radius 1 is 1.30 bits per heavy atom. The van der Waals surface area contributed by atoms with Crippen molar-refractivity contribution in [2.75, 3.05) is 26.2 Å². The first kappa shape index (κ1) is 16.4. The van der Waals surface area contributed by atoms with Crippen LogP contribution in [0.15, 0.2) is 12.4 Å². The molecule has 0 bridgehead atoms. The molecule has 0 aromatic carbocycles. The molecule has 1 aromatic heterocycles. The van der Waals surface area contributed by atoms with Crippen molar-refractivity contribution in [3.63, 3.8) is 0 Å². The van der Waals surface area contributed by atoms with Gasteiger partial charge in [0.1, 0.15) is 5.82 Å². The van der Waals surface area contributed by atoms with E-state index in [1.165, 1.54) is 12.4 Å². The molecule has 23 heavy (non-hydrogen) atoms. The zero-order valence-electron chi connectivity index (χ0n) is 13.7. The lowest BCUT2D eigenvalue weighted by molar-refractivity contribution is -0.143. The fourth-order valence-electron chi connectivity index (χ4n) is 3.34. The van der Waals surface area contributed by atoms with Crippen LogP contribution in [0.4, 0.5) is 8.78 Å². The summed E-state index contributed by atoms with van der Waals surface area (Å²) in [5.74, 6) is 1.12. The topological polar surface area (TPSA) is 41.4 Å². The number of hydrogen-bond donors (Lipinski definition) is 0. The Bertz CT molecular complexity index is 560. The van der Waals surface area contributed by atoms with Crippen LogP contribution in [0.2, 0.25) is 0 Å². The van der Waals surface area contributed by atoms with E-state index in [0.717, 1.165) is 17.4 Å². The molecule has 0 radical (unpaired) electrons. The molecule has 7 heteroatoms. The van der Waals surface area contributed by atoms with Gasteiger partial charge in [-0.05, 0) is 18.8 Å². The monoisotopic (exact) mass is 326 g/mol. The van der Waals surface area contributed by atoms with Crippen LogP contribution in [0, 0.1) is 11.3 Å². The van der Waals surface area contributed by atoms with Crippen molar-refractivity contribution in [1.82, 2.24) is 19.4 Å². The van der Waals surface area contributed by atoms with Crippen molar-refractivity contribution in [1.29, 1.82) is 0 Å². The fraction of sp³-hybridized carbons (Fsp3) is 0.750. The zero-order valence-corrected chi connectivity index (χ0v) is 13.7. The third-order valence-corrected chi connectivity index (χ3v) is 5.13. The number of hydrogen-bond acceptors (Lipinski definition) is 3. The maximum absolute atomic E-state index is 12.8. The molecule has 3 rings (SSSR count). The summed E-state index contributed by atoms with van der Waals surface area (Å²) in [5.41, 5.74) is -0.270. The lowest BCUT2D eigenvalue weighted by Crippen LogP contribution is -2.52. The van der Waals surface area contributed by atoms with E-state index in [1.807, 2.05) is 18.7 Å². The molecule has 1 aliphatic carbocycles. The van der Waals surface area contributed by atoms with Crippen molar-refractivity contribution < 1.29 is 13.6 Å². The average molecular weight is 326 g/mol. The number of carbonyl (C=O) groups excluding carboxylic acids is 1. The van der Waals surface area contributed by atoms with E-state index in [4.69, 9.17) is 0 Å². The van der Waals surface area contributed by atoms with Crippen LogP contribution in [0.25, 0.3) is 0 Å². The third-order valence-electron chi connectivity index (χ3n) is 5.13. The summed E-state index contributed by atoms with van der Waals surface area (Å²) in [4.78, 5) is 20.7. The molecule has 1 amide bonds. The van der Waals surface area contributed by atoms with Crippen LogP contribution in [-0.2, 0) is 11.3 Å². The maximum atomic E-state index is 12.8. The van der Waals surface area contributed by atoms with E-state index < -0.39 is 6.55 Å². The molecule has 0 atom stereocenters. The van der Waals surface area contributed by atoms with Gasteiger partial charge in [0.25, 0.3) is 0 Å². The predicted molar refractivity (Wildman–Crippen MR) is 81.8 cm³/mol. The van der Waals surface area contributed by atoms with Gasteiger partial charge in [-0.15, -0.1) is 0 Å². The highest BCUT2D eigenvalue weighted by atomic mass is 19.3. The molecule has 0 spiro atoms. The second-order valence-electron chi connectivity index (χ2n) is 7.09. The van der Waals surface area contributed by atoms with E-state index in [-0.39, 0.29) is 11.3 Å². The molecule has 0 N–H and O–H groups in total. The molecule has 2 heterocycles. The third kappa shape index (κ3) is 3.39. The van der Waals surface area contributed by atoms with Gasteiger partial charge in [0.15, 0.2) is 0 Å². The Morgan fingerprint density at radius 3 is 2.52 bits per heavy atom. The average Bonchev–Trinajstić information content (AvgIpc) is 3.28. The molecule has 1 saturated carbocycles. The number of nitrogens with zero attached hydrogens (tertiary/aromatic N) is 4. The summed E-state index contributed by atoms with van der Waals surface area (Å²) < 4.78 is 26.6. The molecule has 5 nitrogen and oxygen atoms in total. The summed E-state index contributed by atoms with van der Waals surface area (Å²) in [5, 5.41) is 0. The van der Waals surface area contributed by atoms with Gasteiger partial charge >= 0.3 is 6.55 Å². The van der Waals surface area contributed by atoms with Crippen molar-refractivity contribution in [2.24, 2.45) is 11.3 Å². The number of halogens is 2. The van der Waals surface area contributed by atoms with E-state index in [9.17, 15) is 13.6 Å². The number of alkyl halides is 2. The summed E-state index contributed by atoms with van der Waals surface area (Å²) in [7, 11) is 0. The van der Waals surface area contributed by atoms with Crippen LogP contribution in [0.1, 0.15) is 39.1 Å². The second-order valence-corrected chi connectivity index (χ2v) is 7.09. The Kier molecular flexibility index (Phi) is 4.40. The number of amides is 1. The molecular formula is C16H24F2N4O. The van der Waals surface area contributed by atoms with E-state index in [0.29, 0.717) is 44.5 Å². The standard InChI is InChI=1S/C16H24F2N4O/c1-16(2,12-3-4-12)14(23)21-9-7-20(8-10-21)11-13-19-5-6-22(13)15(17)18/h5-6,12,15H,3-4,7-11H2,1-2H3. The zero-order chi connectivity index (χ0) is 16.6. The lowest BCUT2D eigenvalue weighted by Gasteiger charge is -2.38. The molecule has 0 unspecified atom stereocenters. The Hall–Kier alpha value is -1.50. The van der Waals surface area contributed by atoms with E-state index >= 15 is 0 Å². The van der Waals surface area contributed by atoms with Gasteiger partial charge in [-0.1, -0.05) is 13.8 Å². The van der Waals surface area contributed by atoms with Crippen LogP contribution < -0.4 is 0 Å². The van der Waals surface area contributed by atoms with Crippen molar-refractivity contribution >= 4 is 5.91 Å². The Balaban J connectivity index is 1.54. The fourth-order valence-corrected chi connectivity index (χ4v) is 3.34. The van der Waals surface area contributed by atoms with Crippen molar-refractivity contribution in [3.05, 3.63) is 18.2 Å². The smallest absolute Gasteiger partial charge is 0.319 e. The van der Waals surface area contributed by atoms with Gasteiger partial charge in [0.2, 0.25) is 5.91 Å². The Labute approximate surface area is 135 Å². The predicted octanol–water partition coefficient (Wildman–Crippen LogP) is 2.36. The highest BCUT2D eigenvalue weighted by Crippen LogP contribution is 2.46. The van der Waals surface area contributed by atoms with Crippen LogP contribution in [0.5, 0.6) is 0 Å². The molecule has 1 saturated heterocycles. The quantitative estimate of drug-likeness (QED) is 0.834. The summed E-state index contributed by atoms with van der Waals surface area (Å²) in [6.45, 7) is 4.62. The van der Waals surface area contributed by atoms with Crippen LogP contribution >= 0.6 is 0 Å². The van der Waals surface area contributed by atoms with Gasteiger partial charge in [0, 0.05) is 44.0 Å². The van der Waals surface area contributed by atoms with E-state index in [2.05, 4.69) is 9.88 Å². The van der Waals surface area contributed by atoms with Crippen molar-refractivity contribution in [3.8, 4) is 0 Å². The van der Waals surface area contributed by atoms with Gasteiger partial charge in [-0.3, -0.25) is 14.3 Å². The van der Waals surface area contributed by atoms with E-state index in [1.54, 1.807) is 0 Å². The number of piperazine rings is 1. The molecule has 1 aromatic rings. The van der Waals surface area contributed by atoms with Crippen LogP contribution in [-0.4, -0.2) is 51.4 Å². The van der Waals surface area contributed by atoms with Gasteiger partial charge < -0.3 is 4.90 Å². The minimum atomic E-state index is -2.56. The normalized spacial score (nSPS) is 20.3. The second kappa shape index (κ2) is 6.19. The summed E-state index contributed by atoms with van der Waals surface area (Å²) in [6.07, 6.45) is 5.00. The lowest BCUT2D eigenvalue weighted by atomic mass is 9.85. The minimum Gasteiger partial charge on any atom is -0.340 e. The molecule has 2 aliphatic rings. The summed E-state index contributed by atoms with van der Waals surface area (Å²) in [6, 6.07) is 0. The van der Waals surface area contributed by atoms with Gasteiger partial charge in [-0.25, -0.2) is 4.98 Å². The van der Waals surface area contributed by atoms with Crippen LogP contribution in [0.3, 0.4) is 0 Å². The largest absolute Gasteiger partial charge is 0.340 e. The first-order chi connectivity index (χ1) is 10.9. The first-order valence-electron chi connectivity index (χ1n) is 8.21. The minimum absolute atomic E-state index is 0.230. The van der Waals surface area contributed by atoms with Crippen molar-refractivity contribution in [2.45, 2.75) is 39.8 Å². The number of carbonyl (C=O) groups is 1. The SMILES string of the molecule is CC(C)(C(=O)N1CCN(Cc2nccn2C(F)F)CC1)C1CC1. The summed E-state index contributed by atoms with van der Waals surface area (Å²) >= 11 is 0. The highest BCUT2D eigenvalue weighted by molar-refractivity contribution is 5.82.